The Kier molecular flexibility index (Phi) is 4.11. The van der Waals surface area contributed by atoms with Crippen molar-refractivity contribution in [3.05, 3.63) is 0 Å². The van der Waals surface area contributed by atoms with Crippen LogP contribution in [0.15, 0.2) is 0 Å². The van der Waals surface area contributed by atoms with E-state index >= 15 is 0 Å². The summed E-state index contributed by atoms with van der Waals surface area (Å²) in [6.45, 7) is 7.08. The van der Waals surface area contributed by atoms with Gasteiger partial charge in [0.15, 0.2) is 0 Å². The molecule has 0 N–H and O–H groups in total. The Morgan fingerprint density at radius 3 is 2.38 bits per heavy atom. The molecule has 1 rings (SSSR count). The second-order valence-corrected chi connectivity index (χ2v) is 5.39. The van der Waals surface area contributed by atoms with E-state index in [1.165, 1.54) is 32.4 Å². The van der Waals surface area contributed by atoms with Crippen molar-refractivity contribution >= 4 is 12.6 Å². The zero-order valence-electron chi connectivity index (χ0n) is 9.21. The van der Waals surface area contributed by atoms with Crippen LogP contribution in [-0.4, -0.2) is 30.8 Å². The van der Waals surface area contributed by atoms with Crippen molar-refractivity contribution in [2.45, 2.75) is 33.1 Å². The molecule has 0 bridgehead atoms. The Morgan fingerprint density at radius 2 is 2.00 bits per heavy atom. The minimum Gasteiger partial charge on any atom is -0.306 e. The summed E-state index contributed by atoms with van der Waals surface area (Å²) < 4.78 is 0. The summed E-state index contributed by atoms with van der Waals surface area (Å²) in [6, 6.07) is 0. The fraction of sp³-hybridized carbons (Fsp3) is 1.00. The van der Waals surface area contributed by atoms with Crippen LogP contribution in [0.2, 0.25) is 0 Å². The molecular weight excluding hydrogens is 178 g/mol. The van der Waals surface area contributed by atoms with Crippen molar-refractivity contribution in [1.29, 1.82) is 0 Å². The Bertz CT molecular complexity index is 152. The van der Waals surface area contributed by atoms with Gasteiger partial charge in [0.2, 0.25) is 0 Å². The van der Waals surface area contributed by atoms with E-state index in [9.17, 15) is 0 Å². The molecule has 1 fully saturated rings. The molecule has 78 valence electrons. The number of hydrogen-bond acceptors (Lipinski definition) is 2. The summed E-state index contributed by atoms with van der Waals surface area (Å²) in [5.41, 5.74) is 0.592. The highest BCUT2D eigenvalue weighted by Gasteiger charge is 2.41. The quantitative estimate of drug-likeness (QED) is 0.647. The lowest BCUT2D eigenvalue weighted by Gasteiger charge is -2.22. The Hall–Kier alpha value is 0.310. The number of hydrogen-bond donors (Lipinski definition) is 1. The van der Waals surface area contributed by atoms with Crippen molar-refractivity contribution in [1.82, 2.24) is 4.90 Å². The van der Waals surface area contributed by atoms with Gasteiger partial charge >= 0.3 is 0 Å². The zero-order chi connectivity index (χ0) is 9.90. The van der Waals surface area contributed by atoms with Crippen LogP contribution in [0.4, 0.5) is 0 Å². The highest BCUT2D eigenvalue weighted by Crippen LogP contribution is 2.46. The molecule has 0 aromatic rings. The average Bonchev–Trinajstić information content (AvgIpc) is 2.82. The molecule has 0 aromatic carbocycles. The number of thiol groups is 1. The summed E-state index contributed by atoms with van der Waals surface area (Å²) in [6.07, 6.45) is 4.10. The van der Waals surface area contributed by atoms with Gasteiger partial charge in [-0.2, -0.15) is 12.6 Å². The second-order valence-electron chi connectivity index (χ2n) is 5.08. The third-order valence-electron chi connectivity index (χ3n) is 2.99. The maximum atomic E-state index is 4.42. The predicted octanol–water partition coefficient (Wildman–Crippen LogP) is 2.67. The van der Waals surface area contributed by atoms with Gasteiger partial charge in [0.1, 0.15) is 0 Å². The molecule has 13 heavy (non-hydrogen) atoms. The lowest BCUT2D eigenvalue weighted by atomic mass is 10.1. The van der Waals surface area contributed by atoms with Crippen molar-refractivity contribution in [3.8, 4) is 0 Å². The van der Waals surface area contributed by atoms with Crippen LogP contribution in [0.1, 0.15) is 33.1 Å². The monoisotopic (exact) mass is 201 g/mol. The molecule has 1 aliphatic rings. The van der Waals surface area contributed by atoms with Crippen LogP contribution in [0.3, 0.4) is 0 Å². The molecule has 0 saturated heterocycles. The van der Waals surface area contributed by atoms with E-state index in [1.54, 1.807) is 0 Å². The van der Waals surface area contributed by atoms with Crippen LogP contribution >= 0.6 is 12.6 Å². The Labute approximate surface area is 88.3 Å². The smallest absolute Gasteiger partial charge is 0.00427 e. The van der Waals surface area contributed by atoms with Crippen molar-refractivity contribution in [3.63, 3.8) is 0 Å². The molecule has 0 spiro atoms. The van der Waals surface area contributed by atoms with E-state index in [-0.39, 0.29) is 0 Å². The van der Waals surface area contributed by atoms with E-state index in [0.717, 1.165) is 11.7 Å². The molecule has 0 amide bonds. The van der Waals surface area contributed by atoms with E-state index in [2.05, 4.69) is 38.4 Å². The van der Waals surface area contributed by atoms with E-state index in [1.807, 2.05) is 0 Å². The Balaban J connectivity index is 2.14. The minimum atomic E-state index is 0.592. The topological polar surface area (TPSA) is 3.24 Å². The molecule has 0 unspecified atom stereocenters. The molecule has 0 radical (unpaired) electrons. The molecule has 1 saturated carbocycles. The fourth-order valence-electron chi connectivity index (χ4n) is 1.67. The molecule has 0 aliphatic heterocycles. The first-order valence-corrected chi connectivity index (χ1v) is 6.01. The maximum Gasteiger partial charge on any atom is 0.00427 e. The fourth-order valence-corrected chi connectivity index (χ4v) is 2.09. The van der Waals surface area contributed by atoms with Crippen LogP contribution in [-0.2, 0) is 0 Å². The zero-order valence-corrected chi connectivity index (χ0v) is 10.1. The maximum absolute atomic E-state index is 4.42. The molecule has 0 aromatic heterocycles. The van der Waals surface area contributed by atoms with Crippen molar-refractivity contribution in [2.24, 2.45) is 11.3 Å². The SMILES string of the molecule is CC(C)CCN(C)CC1(CS)CC1. The third kappa shape index (κ3) is 3.90. The van der Waals surface area contributed by atoms with Crippen LogP contribution < -0.4 is 0 Å². The van der Waals surface area contributed by atoms with Crippen LogP contribution in [0.25, 0.3) is 0 Å². The van der Waals surface area contributed by atoms with E-state index in [4.69, 9.17) is 0 Å². The highest BCUT2D eigenvalue weighted by molar-refractivity contribution is 7.80. The van der Waals surface area contributed by atoms with Gasteiger partial charge in [0.05, 0.1) is 0 Å². The van der Waals surface area contributed by atoms with Gasteiger partial charge in [-0.15, -0.1) is 0 Å². The number of nitrogens with zero attached hydrogens (tertiary/aromatic N) is 1. The lowest BCUT2D eigenvalue weighted by molar-refractivity contribution is 0.263. The van der Waals surface area contributed by atoms with Gasteiger partial charge in [-0.1, -0.05) is 13.8 Å². The van der Waals surface area contributed by atoms with Gasteiger partial charge in [-0.25, -0.2) is 0 Å². The lowest BCUT2D eigenvalue weighted by Crippen LogP contribution is -2.29. The van der Waals surface area contributed by atoms with E-state index in [0.29, 0.717) is 5.41 Å². The molecule has 0 heterocycles. The first kappa shape index (κ1) is 11.4. The minimum absolute atomic E-state index is 0.592. The predicted molar refractivity (Wildman–Crippen MR) is 62.5 cm³/mol. The van der Waals surface area contributed by atoms with Gasteiger partial charge in [-0.05, 0) is 49.9 Å². The highest BCUT2D eigenvalue weighted by atomic mass is 32.1. The van der Waals surface area contributed by atoms with Gasteiger partial charge in [0, 0.05) is 6.54 Å². The Morgan fingerprint density at radius 1 is 1.38 bits per heavy atom. The summed E-state index contributed by atoms with van der Waals surface area (Å²) in [5.74, 6) is 1.90. The van der Waals surface area contributed by atoms with Crippen LogP contribution in [0.5, 0.6) is 0 Å². The molecule has 2 heteroatoms. The summed E-state index contributed by atoms with van der Waals surface area (Å²) >= 11 is 4.42. The van der Waals surface area contributed by atoms with Gasteiger partial charge in [-0.3, -0.25) is 0 Å². The second kappa shape index (κ2) is 4.70. The van der Waals surface area contributed by atoms with Crippen molar-refractivity contribution in [2.75, 3.05) is 25.9 Å². The molecule has 1 nitrogen and oxygen atoms in total. The van der Waals surface area contributed by atoms with Gasteiger partial charge in [0.25, 0.3) is 0 Å². The van der Waals surface area contributed by atoms with Crippen molar-refractivity contribution < 1.29 is 0 Å². The largest absolute Gasteiger partial charge is 0.306 e. The normalized spacial score (nSPS) is 19.8. The summed E-state index contributed by atoms with van der Waals surface area (Å²) in [4.78, 5) is 2.48. The third-order valence-corrected chi connectivity index (χ3v) is 3.66. The first-order chi connectivity index (χ1) is 6.08. The molecule has 1 aliphatic carbocycles. The summed E-state index contributed by atoms with van der Waals surface area (Å²) in [5, 5.41) is 0. The van der Waals surface area contributed by atoms with Gasteiger partial charge < -0.3 is 4.90 Å². The number of rotatable bonds is 6. The van der Waals surface area contributed by atoms with Crippen LogP contribution in [0, 0.1) is 11.3 Å². The molecular formula is C11H23NS. The molecule has 0 atom stereocenters. The summed E-state index contributed by atoms with van der Waals surface area (Å²) in [7, 11) is 2.24. The average molecular weight is 201 g/mol. The van der Waals surface area contributed by atoms with E-state index < -0.39 is 0 Å². The first-order valence-electron chi connectivity index (χ1n) is 5.37. The standard InChI is InChI=1S/C11H23NS/c1-10(2)4-7-12(3)8-11(9-13)5-6-11/h10,13H,4-9H2,1-3H3.